The Hall–Kier alpha value is -2.86. The van der Waals surface area contributed by atoms with Crippen molar-refractivity contribution in [1.29, 1.82) is 0 Å². The molecule has 144 valence electrons. The van der Waals surface area contributed by atoms with Crippen molar-refractivity contribution in [3.05, 3.63) is 59.7 Å². The highest BCUT2D eigenvalue weighted by molar-refractivity contribution is 5.93. The van der Waals surface area contributed by atoms with Crippen LogP contribution in [0.25, 0.3) is 0 Å². The minimum Gasteiger partial charge on any atom is -0.336 e. The average Bonchev–Trinajstić information content (AvgIpc) is 2.62. The van der Waals surface area contributed by atoms with E-state index in [9.17, 15) is 9.59 Å². The molecule has 27 heavy (non-hydrogen) atoms. The number of amides is 3. The number of benzene rings is 2. The van der Waals surface area contributed by atoms with E-state index in [4.69, 9.17) is 0 Å². The van der Waals surface area contributed by atoms with E-state index in [1.807, 2.05) is 32.3 Å². The van der Waals surface area contributed by atoms with Crippen LogP contribution in [0.2, 0.25) is 0 Å². The van der Waals surface area contributed by atoms with Gasteiger partial charge in [-0.15, -0.1) is 0 Å². The second-order valence-electron chi connectivity index (χ2n) is 6.80. The number of likely N-dealkylation sites (N-methyl/N-ethyl adjacent to an activating group) is 1. The maximum absolute atomic E-state index is 12.3. The first-order chi connectivity index (χ1) is 12.8. The third kappa shape index (κ3) is 5.56. The molecule has 6 heteroatoms. The normalized spacial score (nSPS) is 11.8. The van der Waals surface area contributed by atoms with Gasteiger partial charge in [0.2, 0.25) is 5.91 Å². The molecule has 0 fully saturated rings. The Morgan fingerprint density at radius 2 is 1.74 bits per heavy atom. The first-order valence-corrected chi connectivity index (χ1v) is 8.90. The quantitative estimate of drug-likeness (QED) is 0.821. The highest BCUT2D eigenvalue weighted by atomic mass is 16.2. The zero-order valence-electron chi connectivity index (χ0n) is 16.6. The second kappa shape index (κ2) is 9.19. The highest BCUT2D eigenvalue weighted by Gasteiger charge is 2.17. The van der Waals surface area contributed by atoms with Crippen molar-refractivity contribution < 1.29 is 9.59 Å². The fourth-order valence-corrected chi connectivity index (χ4v) is 2.87. The summed E-state index contributed by atoms with van der Waals surface area (Å²) in [7, 11) is 5.70. The van der Waals surface area contributed by atoms with Crippen molar-refractivity contribution in [3.8, 4) is 0 Å². The third-order valence-corrected chi connectivity index (χ3v) is 4.59. The summed E-state index contributed by atoms with van der Waals surface area (Å²) in [6.07, 6.45) is 0. The van der Waals surface area contributed by atoms with Crippen LogP contribution in [-0.4, -0.2) is 44.5 Å². The third-order valence-electron chi connectivity index (χ3n) is 4.59. The molecule has 2 N–H and O–H groups in total. The molecule has 0 heterocycles. The zero-order chi connectivity index (χ0) is 20.0. The molecule has 2 aromatic rings. The van der Waals surface area contributed by atoms with Gasteiger partial charge in [-0.25, -0.2) is 4.79 Å². The smallest absolute Gasteiger partial charge is 0.319 e. The van der Waals surface area contributed by atoms with Crippen LogP contribution in [0.5, 0.6) is 0 Å². The summed E-state index contributed by atoms with van der Waals surface area (Å²) in [6.45, 7) is 4.05. The van der Waals surface area contributed by atoms with E-state index in [2.05, 4.69) is 34.6 Å². The number of nitrogens with zero attached hydrogens (tertiary/aromatic N) is 2. The van der Waals surface area contributed by atoms with Gasteiger partial charge in [-0.2, -0.15) is 0 Å². The van der Waals surface area contributed by atoms with Crippen molar-refractivity contribution in [2.75, 3.05) is 37.9 Å². The van der Waals surface area contributed by atoms with Gasteiger partial charge in [0.25, 0.3) is 0 Å². The molecule has 1 atom stereocenters. The van der Waals surface area contributed by atoms with Crippen molar-refractivity contribution >= 4 is 23.3 Å². The molecule has 2 rings (SSSR count). The van der Waals surface area contributed by atoms with Crippen LogP contribution in [0, 0.1) is 6.92 Å². The van der Waals surface area contributed by atoms with Crippen molar-refractivity contribution in [2.24, 2.45) is 0 Å². The minimum absolute atomic E-state index is 0.0661. The molecule has 0 aliphatic rings. The van der Waals surface area contributed by atoms with E-state index in [1.165, 1.54) is 23.0 Å². The fraction of sp³-hybridized carbons (Fsp3) is 0.333. The van der Waals surface area contributed by atoms with Crippen LogP contribution in [0.15, 0.2) is 48.5 Å². The van der Waals surface area contributed by atoms with E-state index in [0.29, 0.717) is 12.2 Å². The summed E-state index contributed by atoms with van der Waals surface area (Å²) in [5, 5.41) is 5.77. The summed E-state index contributed by atoms with van der Waals surface area (Å²) >= 11 is 0. The molecule has 0 aromatic heterocycles. The molecule has 6 nitrogen and oxygen atoms in total. The molecule has 3 amide bonds. The topological polar surface area (TPSA) is 64.7 Å². The van der Waals surface area contributed by atoms with E-state index < -0.39 is 0 Å². The Labute approximate surface area is 161 Å². The number of nitrogens with one attached hydrogen (secondary N) is 2. The van der Waals surface area contributed by atoms with Crippen LogP contribution >= 0.6 is 0 Å². The predicted octanol–water partition coefficient (Wildman–Crippen LogP) is 3.40. The van der Waals surface area contributed by atoms with Gasteiger partial charge in [0, 0.05) is 31.9 Å². The average molecular weight is 368 g/mol. The maximum atomic E-state index is 12.3. The van der Waals surface area contributed by atoms with Gasteiger partial charge in [-0.3, -0.25) is 4.79 Å². The number of urea groups is 1. The molecule has 0 saturated heterocycles. The van der Waals surface area contributed by atoms with E-state index in [1.54, 1.807) is 25.2 Å². The molecule has 0 spiro atoms. The number of carbonyl (C=O) groups is 2. The Bertz CT molecular complexity index is 804. The van der Waals surface area contributed by atoms with Crippen LogP contribution < -0.4 is 15.5 Å². The Balaban J connectivity index is 2.02. The summed E-state index contributed by atoms with van der Waals surface area (Å²) in [6, 6.07) is 15.2. The molecule has 0 bridgehead atoms. The predicted molar refractivity (Wildman–Crippen MR) is 110 cm³/mol. The van der Waals surface area contributed by atoms with E-state index in [0.717, 1.165) is 5.69 Å². The van der Waals surface area contributed by atoms with Gasteiger partial charge in [-0.1, -0.05) is 30.3 Å². The SMILES string of the molecule is CC(=O)N(C)c1cccc(NC(=O)NCC(c2ccccc2C)N(C)C)c1. The number of aryl methyl sites for hydroxylation is 1. The molecule has 0 saturated carbocycles. The Morgan fingerprint density at radius 1 is 1.04 bits per heavy atom. The number of hydrogen-bond donors (Lipinski definition) is 2. The number of carbonyl (C=O) groups excluding carboxylic acids is 2. The Morgan fingerprint density at radius 3 is 2.37 bits per heavy atom. The first-order valence-electron chi connectivity index (χ1n) is 8.90. The van der Waals surface area contributed by atoms with E-state index >= 15 is 0 Å². The van der Waals surface area contributed by atoms with Gasteiger partial charge >= 0.3 is 6.03 Å². The zero-order valence-corrected chi connectivity index (χ0v) is 16.6. The highest BCUT2D eigenvalue weighted by Crippen LogP contribution is 2.21. The second-order valence-corrected chi connectivity index (χ2v) is 6.80. The maximum Gasteiger partial charge on any atom is 0.319 e. The number of anilines is 2. The summed E-state index contributed by atoms with van der Waals surface area (Å²) in [5.41, 5.74) is 3.74. The van der Waals surface area contributed by atoms with Crippen LogP contribution in [0.3, 0.4) is 0 Å². The van der Waals surface area contributed by atoms with Crippen molar-refractivity contribution in [2.45, 2.75) is 19.9 Å². The first kappa shape index (κ1) is 20.5. The summed E-state index contributed by atoms with van der Waals surface area (Å²) in [4.78, 5) is 27.5. The lowest BCUT2D eigenvalue weighted by Gasteiger charge is -2.26. The van der Waals surface area contributed by atoms with Crippen LogP contribution in [-0.2, 0) is 4.79 Å². The lowest BCUT2D eigenvalue weighted by molar-refractivity contribution is -0.116. The molecule has 1 unspecified atom stereocenters. The number of hydrogen-bond acceptors (Lipinski definition) is 3. The molecule has 0 radical (unpaired) electrons. The molecule has 2 aromatic carbocycles. The van der Waals surface area contributed by atoms with Crippen LogP contribution in [0.1, 0.15) is 24.1 Å². The molecule has 0 aliphatic heterocycles. The van der Waals surface area contributed by atoms with E-state index in [-0.39, 0.29) is 18.0 Å². The van der Waals surface area contributed by atoms with Crippen molar-refractivity contribution in [3.63, 3.8) is 0 Å². The van der Waals surface area contributed by atoms with Crippen molar-refractivity contribution in [1.82, 2.24) is 10.2 Å². The molecule has 0 aliphatic carbocycles. The monoisotopic (exact) mass is 368 g/mol. The van der Waals surface area contributed by atoms with Gasteiger partial charge in [0.15, 0.2) is 0 Å². The number of rotatable bonds is 6. The lowest BCUT2D eigenvalue weighted by atomic mass is 10.0. The van der Waals surface area contributed by atoms with Gasteiger partial charge in [0.1, 0.15) is 0 Å². The van der Waals surface area contributed by atoms with Crippen LogP contribution in [0.4, 0.5) is 16.2 Å². The Kier molecular flexibility index (Phi) is 6.96. The summed E-state index contributed by atoms with van der Waals surface area (Å²) < 4.78 is 0. The lowest BCUT2D eigenvalue weighted by Crippen LogP contribution is -2.37. The largest absolute Gasteiger partial charge is 0.336 e. The fourth-order valence-electron chi connectivity index (χ4n) is 2.87. The minimum atomic E-state index is -0.280. The summed E-state index contributed by atoms with van der Waals surface area (Å²) in [5.74, 6) is -0.0661. The molecular weight excluding hydrogens is 340 g/mol. The standard InChI is InChI=1S/C21H28N4O2/c1-15-9-6-7-12-19(15)20(24(3)4)14-22-21(27)23-17-10-8-11-18(13-17)25(5)16(2)26/h6-13,20H,14H2,1-5H3,(H2,22,23,27). The van der Waals surface area contributed by atoms with Gasteiger partial charge in [-0.05, 0) is 50.3 Å². The van der Waals surface area contributed by atoms with Gasteiger partial charge in [0.05, 0.1) is 6.04 Å². The van der Waals surface area contributed by atoms with Gasteiger partial charge < -0.3 is 20.4 Å². The molecular formula is C21H28N4O2.